The number of para-hydroxylation sites is 2. The monoisotopic (exact) mass is 740 g/mol. The van der Waals surface area contributed by atoms with Gasteiger partial charge in [-0.3, -0.25) is 19.4 Å². The number of H-pyrrole nitrogens is 1. The van der Waals surface area contributed by atoms with Gasteiger partial charge in [-0.15, -0.1) is 10.2 Å². The van der Waals surface area contributed by atoms with E-state index in [1.807, 2.05) is 18.2 Å². The topological polar surface area (TPSA) is 181 Å². The minimum atomic E-state index is -2.19. The molecular weight excluding hydrogens is 705 g/mol. The molecular formula is C36H36N8O6S2. The molecule has 2 aromatic heterocycles. The van der Waals surface area contributed by atoms with Crippen LogP contribution in [0.15, 0.2) is 109 Å². The third-order valence-electron chi connectivity index (χ3n) is 7.56. The van der Waals surface area contributed by atoms with E-state index in [9.17, 15) is 18.0 Å². The van der Waals surface area contributed by atoms with Crippen molar-refractivity contribution < 1.29 is 26.4 Å². The first-order chi connectivity index (χ1) is 24.9. The quantitative estimate of drug-likeness (QED) is 0.0923. The number of fused-ring (bicyclic) bond motifs is 1. The fourth-order valence-corrected chi connectivity index (χ4v) is 6.30. The van der Waals surface area contributed by atoms with Gasteiger partial charge in [0, 0.05) is 45.7 Å². The van der Waals surface area contributed by atoms with Crippen molar-refractivity contribution in [2.45, 2.75) is 39.2 Å². The van der Waals surface area contributed by atoms with E-state index in [1.165, 1.54) is 24.3 Å². The van der Waals surface area contributed by atoms with Gasteiger partial charge in [-0.25, -0.2) is 4.52 Å². The standard InChI is InChI=1S/C36H36N8O6S2/c1-23(33-40-39-32-22-31(36(2,3)4)41-44(32)33)42-51(47)49-29-17-11-16-28(21-29)43-52(48)50-30-19-24(34(45)37-26-12-7-5-8-13-26)18-25(20-30)35(46)38-27-14-9-6-10-15-27/h5-23,41-43H,1-4H3,(H,37,45)(H,38,46). The molecule has 3 unspecified atom stereocenters. The summed E-state index contributed by atoms with van der Waals surface area (Å²) >= 11 is -4.18. The van der Waals surface area contributed by atoms with Crippen molar-refractivity contribution in [3.63, 3.8) is 0 Å². The molecule has 6 aromatic rings. The summed E-state index contributed by atoms with van der Waals surface area (Å²) < 4.78 is 44.6. The summed E-state index contributed by atoms with van der Waals surface area (Å²) in [5.74, 6) is -0.272. The van der Waals surface area contributed by atoms with E-state index < -0.39 is 40.4 Å². The van der Waals surface area contributed by atoms with E-state index in [0.717, 1.165) is 5.69 Å². The second-order valence-corrected chi connectivity index (χ2v) is 14.4. The fourth-order valence-electron chi connectivity index (χ4n) is 4.95. The van der Waals surface area contributed by atoms with Crippen LogP contribution in [0.2, 0.25) is 0 Å². The summed E-state index contributed by atoms with van der Waals surface area (Å²) in [5, 5.41) is 17.3. The van der Waals surface area contributed by atoms with Gasteiger partial charge in [0.05, 0.1) is 11.7 Å². The average Bonchev–Trinajstić information content (AvgIpc) is 3.71. The number of rotatable bonds is 13. The first kappa shape index (κ1) is 36.0. The predicted octanol–water partition coefficient (Wildman–Crippen LogP) is 6.24. The van der Waals surface area contributed by atoms with Gasteiger partial charge in [-0.2, -0.15) is 13.1 Å². The molecule has 0 aliphatic rings. The Kier molecular flexibility index (Phi) is 10.8. The van der Waals surface area contributed by atoms with Gasteiger partial charge in [-0.1, -0.05) is 63.2 Å². The van der Waals surface area contributed by atoms with Crippen LogP contribution in [-0.2, 0) is 27.9 Å². The number of aromatic amines is 1. The normalized spacial score (nSPS) is 13.2. The Bertz CT molecular complexity index is 2180. The summed E-state index contributed by atoms with van der Waals surface area (Å²) in [5.41, 5.74) is 3.13. The Hall–Kier alpha value is -5.84. The number of nitrogens with one attached hydrogen (secondary N) is 5. The molecule has 4 aromatic carbocycles. The molecule has 14 nitrogen and oxygen atoms in total. The molecule has 0 fully saturated rings. The van der Waals surface area contributed by atoms with Crippen molar-refractivity contribution in [3.8, 4) is 11.5 Å². The van der Waals surface area contributed by atoms with E-state index >= 15 is 0 Å². The lowest BCUT2D eigenvalue weighted by Gasteiger charge is -2.16. The number of benzene rings is 4. The van der Waals surface area contributed by atoms with Gasteiger partial charge in [0.25, 0.3) is 23.1 Å². The highest BCUT2D eigenvalue weighted by Crippen LogP contribution is 2.25. The van der Waals surface area contributed by atoms with Crippen molar-refractivity contribution in [2.24, 2.45) is 0 Å². The second-order valence-electron chi connectivity index (χ2n) is 12.7. The predicted molar refractivity (Wildman–Crippen MR) is 200 cm³/mol. The minimum Gasteiger partial charge on any atom is -0.389 e. The van der Waals surface area contributed by atoms with Crippen LogP contribution in [0.3, 0.4) is 0 Å². The summed E-state index contributed by atoms with van der Waals surface area (Å²) in [6, 6.07) is 29.6. The smallest absolute Gasteiger partial charge is 0.316 e. The van der Waals surface area contributed by atoms with Crippen molar-refractivity contribution in [3.05, 3.63) is 132 Å². The van der Waals surface area contributed by atoms with Crippen LogP contribution in [0, 0.1) is 0 Å². The Labute approximate surface area is 304 Å². The van der Waals surface area contributed by atoms with Crippen molar-refractivity contribution in [1.82, 2.24) is 24.5 Å². The van der Waals surface area contributed by atoms with Gasteiger partial charge in [0.1, 0.15) is 11.5 Å². The molecule has 0 bridgehead atoms. The number of aromatic nitrogens is 4. The van der Waals surface area contributed by atoms with Gasteiger partial charge >= 0.3 is 11.3 Å². The molecule has 2 amide bonds. The van der Waals surface area contributed by atoms with E-state index in [1.54, 1.807) is 78.2 Å². The van der Waals surface area contributed by atoms with Gasteiger partial charge in [-0.05, 0) is 61.5 Å². The molecule has 3 atom stereocenters. The molecule has 16 heteroatoms. The number of hydrogen-bond donors (Lipinski definition) is 5. The minimum absolute atomic E-state index is 0.00395. The Morgan fingerprint density at radius 2 is 1.29 bits per heavy atom. The maximum Gasteiger partial charge on any atom is 0.316 e. The summed E-state index contributed by atoms with van der Waals surface area (Å²) in [6.07, 6.45) is 0. The maximum absolute atomic E-state index is 13.2. The van der Waals surface area contributed by atoms with Crippen molar-refractivity contribution >= 4 is 57.1 Å². The van der Waals surface area contributed by atoms with Gasteiger partial charge in [0.2, 0.25) is 0 Å². The van der Waals surface area contributed by atoms with Crippen LogP contribution < -0.4 is 28.4 Å². The molecule has 52 heavy (non-hydrogen) atoms. The zero-order valence-corrected chi connectivity index (χ0v) is 30.2. The van der Waals surface area contributed by atoms with Crippen molar-refractivity contribution in [1.29, 1.82) is 0 Å². The van der Waals surface area contributed by atoms with E-state index in [4.69, 9.17) is 8.37 Å². The molecule has 0 saturated heterocycles. The lowest BCUT2D eigenvalue weighted by molar-refractivity contribution is 0.102. The Morgan fingerprint density at radius 1 is 0.712 bits per heavy atom. The zero-order valence-electron chi connectivity index (χ0n) is 28.6. The van der Waals surface area contributed by atoms with Gasteiger partial charge < -0.3 is 19.0 Å². The van der Waals surface area contributed by atoms with Crippen LogP contribution in [-0.4, -0.2) is 40.0 Å². The van der Waals surface area contributed by atoms with Crippen molar-refractivity contribution in [2.75, 3.05) is 15.4 Å². The molecule has 2 heterocycles. The number of anilines is 3. The highest BCUT2D eigenvalue weighted by atomic mass is 32.2. The third-order valence-corrected chi connectivity index (χ3v) is 9.20. The van der Waals surface area contributed by atoms with Crippen LogP contribution in [0.1, 0.15) is 66.0 Å². The van der Waals surface area contributed by atoms with E-state index in [-0.39, 0.29) is 28.0 Å². The Morgan fingerprint density at radius 3 is 1.88 bits per heavy atom. The number of carbonyl (C=O) groups excluding carboxylic acids is 2. The van der Waals surface area contributed by atoms with E-state index in [0.29, 0.717) is 28.5 Å². The largest absolute Gasteiger partial charge is 0.389 e. The summed E-state index contributed by atoms with van der Waals surface area (Å²) in [4.78, 5) is 26.4. The lowest BCUT2D eigenvalue weighted by atomic mass is 9.93. The van der Waals surface area contributed by atoms with Crippen LogP contribution in [0.25, 0.3) is 5.65 Å². The number of nitrogens with zero attached hydrogens (tertiary/aromatic N) is 3. The zero-order chi connectivity index (χ0) is 36.8. The molecule has 268 valence electrons. The highest BCUT2D eigenvalue weighted by Gasteiger charge is 2.23. The van der Waals surface area contributed by atoms with Crippen LogP contribution >= 0.6 is 0 Å². The maximum atomic E-state index is 13.2. The number of carbonyl (C=O) groups is 2. The van der Waals surface area contributed by atoms with Crippen LogP contribution in [0.5, 0.6) is 11.5 Å². The lowest BCUT2D eigenvalue weighted by Crippen LogP contribution is -2.26. The molecule has 6 rings (SSSR count). The molecule has 0 aliphatic heterocycles. The van der Waals surface area contributed by atoms with Gasteiger partial charge in [0.15, 0.2) is 11.5 Å². The molecule has 0 spiro atoms. The fraction of sp³-hybridized carbons (Fsp3) is 0.167. The van der Waals surface area contributed by atoms with E-state index in [2.05, 4.69) is 56.1 Å². The average molecular weight is 741 g/mol. The summed E-state index contributed by atoms with van der Waals surface area (Å²) in [7, 11) is 0. The number of amides is 2. The molecule has 5 N–H and O–H groups in total. The number of hydrogen-bond acceptors (Lipinski definition) is 8. The first-order valence-corrected chi connectivity index (χ1v) is 18.2. The Balaban J connectivity index is 1.12. The molecule has 0 saturated carbocycles. The first-order valence-electron chi connectivity index (χ1n) is 16.1. The second kappa shape index (κ2) is 15.6. The SMILES string of the molecule is CC(NS(=O)Oc1cccc(NS(=O)Oc2cc(C(=O)Nc3ccccc3)cc(C(=O)Nc3ccccc3)c2)c1)c1nnc2cc(C(C)(C)C)[nH]n12. The van der Waals surface area contributed by atoms with Crippen LogP contribution in [0.4, 0.5) is 17.1 Å². The summed E-state index contributed by atoms with van der Waals surface area (Å²) in [6.45, 7) is 8.02. The highest BCUT2D eigenvalue weighted by molar-refractivity contribution is 7.82. The third kappa shape index (κ3) is 9.08. The molecule has 0 aliphatic carbocycles. The molecule has 0 radical (unpaired) electrons.